The molecule has 3 N–H and O–H groups in total. The molecule has 0 radical (unpaired) electrons. The molecule has 0 aliphatic carbocycles. The molecule has 2 aromatic carbocycles. The quantitative estimate of drug-likeness (QED) is 0.563. The molecular weight excluding hydrogens is 368 g/mol. The summed E-state index contributed by atoms with van der Waals surface area (Å²) in [7, 11) is 0. The summed E-state index contributed by atoms with van der Waals surface area (Å²) >= 11 is 0. The van der Waals surface area contributed by atoms with Crippen LogP contribution < -0.4 is 15.5 Å². The maximum Gasteiger partial charge on any atom is 0.251 e. The second-order valence-electron chi connectivity index (χ2n) is 7.07. The van der Waals surface area contributed by atoms with Gasteiger partial charge >= 0.3 is 0 Å². The van der Waals surface area contributed by atoms with Crippen molar-refractivity contribution in [3.63, 3.8) is 0 Å². The third kappa shape index (κ3) is 4.13. The molecule has 0 bridgehead atoms. The van der Waals surface area contributed by atoms with Crippen LogP contribution in [0.5, 0.6) is 0 Å². The maximum absolute atomic E-state index is 12.4. The lowest BCUT2D eigenvalue weighted by atomic mass is 10.1. The maximum atomic E-state index is 12.4. The molecule has 4 rings (SSSR count). The molecule has 1 aromatic heterocycles. The molecule has 1 aliphatic heterocycles. The van der Waals surface area contributed by atoms with Gasteiger partial charge in [-0.15, -0.1) is 0 Å². The van der Waals surface area contributed by atoms with Gasteiger partial charge in [-0.2, -0.15) is 0 Å². The summed E-state index contributed by atoms with van der Waals surface area (Å²) in [4.78, 5) is 41.6. The van der Waals surface area contributed by atoms with E-state index in [-0.39, 0.29) is 30.1 Å². The van der Waals surface area contributed by atoms with Gasteiger partial charge in [0.2, 0.25) is 11.8 Å². The van der Waals surface area contributed by atoms with Crippen LogP contribution in [0, 0.1) is 5.92 Å². The van der Waals surface area contributed by atoms with Gasteiger partial charge in [0.1, 0.15) is 0 Å². The van der Waals surface area contributed by atoms with Crippen LogP contribution in [0.2, 0.25) is 0 Å². The van der Waals surface area contributed by atoms with Gasteiger partial charge in [0.15, 0.2) is 0 Å². The Bertz CT molecular complexity index is 1040. The first-order valence-corrected chi connectivity index (χ1v) is 9.60. The predicted octanol–water partition coefficient (Wildman–Crippen LogP) is 2.07. The van der Waals surface area contributed by atoms with Crippen molar-refractivity contribution in [3.05, 3.63) is 66.4 Å². The number of carbonyl (C=O) groups excluding carboxylic acids is 3. The van der Waals surface area contributed by atoms with E-state index >= 15 is 0 Å². The fourth-order valence-corrected chi connectivity index (χ4v) is 3.54. The number of aromatic nitrogens is 1. The number of benzene rings is 2. The topological polar surface area (TPSA) is 94.3 Å². The van der Waals surface area contributed by atoms with E-state index in [4.69, 9.17) is 0 Å². The van der Waals surface area contributed by atoms with Gasteiger partial charge in [-0.05, 0) is 35.7 Å². The van der Waals surface area contributed by atoms with Gasteiger partial charge in [0, 0.05) is 49.0 Å². The molecule has 0 saturated carbocycles. The van der Waals surface area contributed by atoms with E-state index in [1.54, 1.807) is 17.0 Å². The molecule has 2 heterocycles. The average molecular weight is 390 g/mol. The highest BCUT2D eigenvalue weighted by atomic mass is 16.2. The fraction of sp³-hybridized carbons (Fsp3) is 0.227. The summed E-state index contributed by atoms with van der Waals surface area (Å²) in [5, 5.41) is 6.66. The lowest BCUT2D eigenvalue weighted by Gasteiger charge is -2.16. The summed E-state index contributed by atoms with van der Waals surface area (Å²) in [6.07, 6.45) is 2.03. The van der Waals surface area contributed by atoms with Crippen molar-refractivity contribution in [2.75, 3.05) is 24.5 Å². The van der Waals surface area contributed by atoms with Crippen molar-refractivity contribution < 1.29 is 14.4 Å². The second-order valence-corrected chi connectivity index (χ2v) is 7.07. The number of H-pyrrole nitrogens is 1. The van der Waals surface area contributed by atoms with E-state index in [0.717, 1.165) is 16.6 Å². The molecule has 1 saturated heterocycles. The Labute approximate surface area is 168 Å². The average Bonchev–Trinajstić information content (AvgIpc) is 3.37. The van der Waals surface area contributed by atoms with Crippen molar-refractivity contribution in [2.45, 2.75) is 6.42 Å². The van der Waals surface area contributed by atoms with Crippen LogP contribution in [0.3, 0.4) is 0 Å². The first kappa shape index (κ1) is 18.7. The summed E-state index contributed by atoms with van der Waals surface area (Å²) in [5.74, 6) is -0.793. The van der Waals surface area contributed by atoms with Crippen molar-refractivity contribution in [3.8, 4) is 0 Å². The minimum Gasteiger partial charge on any atom is -0.361 e. The highest BCUT2D eigenvalue weighted by Crippen LogP contribution is 2.24. The van der Waals surface area contributed by atoms with Gasteiger partial charge in [0.05, 0.1) is 5.92 Å². The van der Waals surface area contributed by atoms with E-state index in [0.29, 0.717) is 25.2 Å². The fourth-order valence-electron chi connectivity index (χ4n) is 3.54. The standard InChI is InChI=1S/C22H22N4O3/c27-20-13-17(14-26(20)18-4-2-1-3-5-18)22(29)25-11-10-24-21(28)16-7-6-15-8-9-23-19(15)12-16/h1-9,12,17,23H,10-11,13-14H2,(H,24,28)(H,25,29). The molecule has 1 unspecified atom stereocenters. The molecule has 3 amide bonds. The van der Waals surface area contributed by atoms with Gasteiger partial charge < -0.3 is 20.5 Å². The van der Waals surface area contributed by atoms with Crippen LogP contribution in [0.15, 0.2) is 60.8 Å². The van der Waals surface area contributed by atoms with E-state index in [1.807, 2.05) is 48.7 Å². The molecule has 1 atom stereocenters. The first-order chi connectivity index (χ1) is 14.1. The Morgan fingerprint density at radius 3 is 2.66 bits per heavy atom. The highest BCUT2D eigenvalue weighted by molar-refractivity contribution is 6.00. The summed E-state index contributed by atoms with van der Waals surface area (Å²) in [6.45, 7) is 0.999. The van der Waals surface area contributed by atoms with Gasteiger partial charge in [-0.3, -0.25) is 14.4 Å². The number of anilines is 1. The van der Waals surface area contributed by atoms with Crippen molar-refractivity contribution >= 4 is 34.3 Å². The lowest BCUT2D eigenvalue weighted by Crippen LogP contribution is -2.38. The minimum atomic E-state index is -0.381. The van der Waals surface area contributed by atoms with E-state index in [1.165, 1.54) is 0 Å². The van der Waals surface area contributed by atoms with Crippen LogP contribution in [0.1, 0.15) is 16.8 Å². The smallest absolute Gasteiger partial charge is 0.251 e. The zero-order chi connectivity index (χ0) is 20.2. The highest BCUT2D eigenvalue weighted by Gasteiger charge is 2.34. The predicted molar refractivity (Wildman–Crippen MR) is 111 cm³/mol. The molecule has 0 spiro atoms. The number of para-hydroxylation sites is 1. The molecule has 29 heavy (non-hydrogen) atoms. The molecule has 1 aliphatic rings. The molecule has 3 aromatic rings. The lowest BCUT2D eigenvalue weighted by molar-refractivity contribution is -0.126. The number of aromatic amines is 1. The molecule has 7 nitrogen and oxygen atoms in total. The van der Waals surface area contributed by atoms with Crippen LogP contribution in [0.4, 0.5) is 5.69 Å². The zero-order valence-corrected chi connectivity index (χ0v) is 15.9. The van der Waals surface area contributed by atoms with Crippen LogP contribution in [-0.2, 0) is 9.59 Å². The SMILES string of the molecule is O=C(NCCNC(=O)C1CC(=O)N(c2ccccc2)C1)c1ccc2cc[nH]c2c1. The molecular formula is C22H22N4O3. The third-order valence-corrected chi connectivity index (χ3v) is 5.09. The summed E-state index contributed by atoms with van der Waals surface area (Å²) in [5.41, 5.74) is 2.27. The van der Waals surface area contributed by atoms with Crippen molar-refractivity contribution in [1.29, 1.82) is 0 Å². The second kappa shape index (κ2) is 8.18. The molecule has 148 valence electrons. The number of fused-ring (bicyclic) bond motifs is 1. The number of nitrogens with zero attached hydrogens (tertiary/aromatic N) is 1. The summed E-state index contributed by atoms with van der Waals surface area (Å²) < 4.78 is 0. The van der Waals surface area contributed by atoms with Crippen molar-refractivity contribution in [2.24, 2.45) is 5.92 Å². The number of hydrogen-bond donors (Lipinski definition) is 3. The number of carbonyl (C=O) groups is 3. The number of nitrogens with one attached hydrogen (secondary N) is 3. The first-order valence-electron chi connectivity index (χ1n) is 9.60. The monoisotopic (exact) mass is 390 g/mol. The zero-order valence-electron chi connectivity index (χ0n) is 15.9. The Morgan fingerprint density at radius 2 is 1.83 bits per heavy atom. The minimum absolute atomic E-state index is 0.0515. The summed E-state index contributed by atoms with van der Waals surface area (Å²) in [6, 6.07) is 16.7. The van der Waals surface area contributed by atoms with Gasteiger partial charge in [-0.1, -0.05) is 24.3 Å². The Morgan fingerprint density at radius 1 is 1.03 bits per heavy atom. The van der Waals surface area contributed by atoms with Gasteiger partial charge in [0.25, 0.3) is 5.91 Å². The van der Waals surface area contributed by atoms with E-state index in [2.05, 4.69) is 15.6 Å². The molecule has 7 heteroatoms. The van der Waals surface area contributed by atoms with Crippen LogP contribution in [-0.4, -0.2) is 42.3 Å². The number of hydrogen-bond acceptors (Lipinski definition) is 3. The third-order valence-electron chi connectivity index (χ3n) is 5.09. The molecule has 1 fully saturated rings. The van der Waals surface area contributed by atoms with Crippen LogP contribution in [0.25, 0.3) is 10.9 Å². The van der Waals surface area contributed by atoms with E-state index in [9.17, 15) is 14.4 Å². The largest absolute Gasteiger partial charge is 0.361 e. The van der Waals surface area contributed by atoms with Crippen LogP contribution >= 0.6 is 0 Å². The van der Waals surface area contributed by atoms with Gasteiger partial charge in [-0.25, -0.2) is 0 Å². The Kier molecular flexibility index (Phi) is 5.29. The number of amides is 3. The number of rotatable bonds is 6. The van der Waals surface area contributed by atoms with E-state index < -0.39 is 0 Å². The Balaban J connectivity index is 1.24. The normalized spacial score (nSPS) is 16.2. The van der Waals surface area contributed by atoms with Crippen molar-refractivity contribution in [1.82, 2.24) is 15.6 Å². The Hall–Kier alpha value is -3.61.